The number of nitrogens with two attached hydrogens (primary N) is 1. The molecule has 0 fully saturated rings. The fourth-order valence-electron chi connectivity index (χ4n) is 2.69. The lowest BCUT2D eigenvalue weighted by Gasteiger charge is -2.21. The lowest BCUT2D eigenvalue weighted by atomic mass is 9.96. The third kappa shape index (κ3) is 3.57. The maximum atomic E-state index is 14.4. The van der Waals surface area contributed by atoms with E-state index in [9.17, 15) is 18.7 Å². The van der Waals surface area contributed by atoms with Gasteiger partial charge in [0.05, 0.1) is 17.7 Å². The molecule has 1 aliphatic heterocycles. The Kier molecular flexibility index (Phi) is 4.99. The van der Waals surface area contributed by atoms with E-state index in [1.54, 1.807) is 6.08 Å². The molecule has 1 atom stereocenters. The SMILES string of the molecule is NC(=O)c1ccc(F)c(C(O)C2=CNCC(Nc3ccccc3)=C2)c1F. The fraction of sp³-hybridized carbons (Fsp3) is 0.105. The van der Waals surface area contributed by atoms with Crippen LogP contribution in [-0.4, -0.2) is 17.6 Å². The summed E-state index contributed by atoms with van der Waals surface area (Å²) < 4.78 is 28.6. The Hall–Kier alpha value is -3.19. The van der Waals surface area contributed by atoms with Gasteiger partial charge in [-0.2, -0.15) is 0 Å². The van der Waals surface area contributed by atoms with Crippen molar-refractivity contribution in [2.24, 2.45) is 5.73 Å². The van der Waals surface area contributed by atoms with Crippen LogP contribution in [0.3, 0.4) is 0 Å². The van der Waals surface area contributed by atoms with E-state index in [1.165, 1.54) is 6.20 Å². The van der Waals surface area contributed by atoms with Crippen LogP contribution in [0.25, 0.3) is 0 Å². The predicted molar refractivity (Wildman–Crippen MR) is 94.1 cm³/mol. The molecule has 1 unspecified atom stereocenters. The Bertz CT molecular complexity index is 895. The number of carbonyl (C=O) groups is 1. The molecule has 5 nitrogen and oxygen atoms in total. The number of rotatable bonds is 5. The van der Waals surface area contributed by atoms with E-state index in [0.29, 0.717) is 12.2 Å². The van der Waals surface area contributed by atoms with Crippen molar-refractivity contribution in [3.05, 3.63) is 88.8 Å². The Morgan fingerprint density at radius 3 is 2.62 bits per heavy atom. The van der Waals surface area contributed by atoms with Crippen LogP contribution in [0.1, 0.15) is 22.0 Å². The molecule has 26 heavy (non-hydrogen) atoms. The molecule has 2 aromatic rings. The van der Waals surface area contributed by atoms with Crippen LogP contribution in [0.5, 0.6) is 0 Å². The molecule has 0 radical (unpaired) electrons. The molecule has 0 spiro atoms. The van der Waals surface area contributed by atoms with Crippen LogP contribution in [0.4, 0.5) is 14.5 Å². The van der Waals surface area contributed by atoms with Crippen molar-refractivity contribution in [3.8, 4) is 0 Å². The average Bonchev–Trinajstić information content (AvgIpc) is 2.62. The molecule has 0 saturated heterocycles. The van der Waals surface area contributed by atoms with Gasteiger partial charge in [-0.05, 0) is 30.3 Å². The second kappa shape index (κ2) is 7.37. The molecule has 7 heteroatoms. The molecular formula is C19H17F2N3O2. The number of dihydropyridines is 1. The number of amides is 1. The van der Waals surface area contributed by atoms with Gasteiger partial charge in [-0.25, -0.2) is 8.78 Å². The highest BCUT2D eigenvalue weighted by Gasteiger charge is 2.25. The van der Waals surface area contributed by atoms with Crippen LogP contribution in [0.15, 0.2) is 66.0 Å². The van der Waals surface area contributed by atoms with Crippen molar-refractivity contribution < 1.29 is 18.7 Å². The van der Waals surface area contributed by atoms with Gasteiger partial charge < -0.3 is 21.5 Å². The topological polar surface area (TPSA) is 87.4 Å². The van der Waals surface area contributed by atoms with Crippen molar-refractivity contribution in [3.63, 3.8) is 0 Å². The summed E-state index contributed by atoms with van der Waals surface area (Å²) in [5.74, 6) is -3.16. The number of primary amides is 1. The first kappa shape index (κ1) is 17.6. The van der Waals surface area contributed by atoms with E-state index >= 15 is 0 Å². The van der Waals surface area contributed by atoms with Crippen LogP contribution in [-0.2, 0) is 0 Å². The van der Waals surface area contributed by atoms with Crippen molar-refractivity contribution in [2.45, 2.75) is 6.10 Å². The van der Waals surface area contributed by atoms with E-state index in [0.717, 1.165) is 17.8 Å². The second-order valence-corrected chi connectivity index (χ2v) is 5.78. The standard InChI is InChI=1S/C19H17F2N3O2/c20-15-7-6-14(19(22)26)17(21)16(15)18(25)11-8-13(10-23-9-11)24-12-4-2-1-3-5-12/h1-9,18,23-25H,10H2,(H2,22,26). The minimum absolute atomic E-state index is 0.245. The van der Waals surface area contributed by atoms with Crippen molar-refractivity contribution in [1.82, 2.24) is 5.32 Å². The molecule has 0 aliphatic carbocycles. The molecule has 0 bridgehead atoms. The quantitative estimate of drug-likeness (QED) is 0.662. The third-order valence-electron chi connectivity index (χ3n) is 3.96. The number of anilines is 1. The number of carbonyl (C=O) groups excluding carboxylic acids is 1. The van der Waals surface area contributed by atoms with Gasteiger partial charge in [0.25, 0.3) is 5.91 Å². The minimum Gasteiger partial charge on any atom is -0.385 e. The fourth-order valence-corrected chi connectivity index (χ4v) is 2.69. The van der Waals surface area contributed by atoms with Gasteiger partial charge in [-0.1, -0.05) is 18.2 Å². The zero-order valence-electron chi connectivity index (χ0n) is 13.7. The Labute approximate surface area is 148 Å². The first-order valence-electron chi connectivity index (χ1n) is 7.89. The highest BCUT2D eigenvalue weighted by atomic mass is 19.1. The first-order chi connectivity index (χ1) is 12.5. The van der Waals surface area contributed by atoms with Crippen LogP contribution < -0.4 is 16.4 Å². The molecule has 2 aromatic carbocycles. The van der Waals surface area contributed by atoms with E-state index in [1.807, 2.05) is 30.3 Å². The number of benzene rings is 2. The third-order valence-corrected chi connectivity index (χ3v) is 3.96. The summed E-state index contributed by atoms with van der Waals surface area (Å²) in [6, 6.07) is 11.2. The predicted octanol–water partition coefficient (Wildman–Crippen LogP) is 2.58. The lowest BCUT2D eigenvalue weighted by Crippen LogP contribution is -2.23. The van der Waals surface area contributed by atoms with E-state index in [4.69, 9.17) is 5.73 Å². The number of hydrogen-bond acceptors (Lipinski definition) is 4. The summed E-state index contributed by atoms with van der Waals surface area (Å²) >= 11 is 0. The van der Waals surface area contributed by atoms with Crippen LogP contribution >= 0.6 is 0 Å². The van der Waals surface area contributed by atoms with E-state index < -0.39 is 34.8 Å². The van der Waals surface area contributed by atoms with Crippen molar-refractivity contribution >= 4 is 11.6 Å². The lowest BCUT2D eigenvalue weighted by molar-refractivity contribution is 0.0995. The number of nitrogens with one attached hydrogen (secondary N) is 2. The normalized spacial score (nSPS) is 14.7. The van der Waals surface area contributed by atoms with Gasteiger partial charge in [-0.3, -0.25) is 4.79 Å². The summed E-state index contributed by atoms with van der Waals surface area (Å²) in [7, 11) is 0. The molecule has 0 aromatic heterocycles. The highest BCUT2D eigenvalue weighted by Crippen LogP contribution is 2.30. The van der Waals surface area contributed by atoms with E-state index in [2.05, 4.69) is 10.6 Å². The minimum atomic E-state index is -1.60. The Morgan fingerprint density at radius 1 is 1.19 bits per heavy atom. The summed E-state index contributed by atoms with van der Waals surface area (Å²) in [6.45, 7) is 0.456. The molecule has 3 rings (SSSR count). The first-order valence-corrected chi connectivity index (χ1v) is 7.89. The Morgan fingerprint density at radius 2 is 1.92 bits per heavy atom. The van der Waals surface area contributed by atoms with Gasteiger partial charge in [0.2, 0.25) is 0 Å². The highest BCUT2D eigenvalue weighted by molar-refractivity contribution is 5.93. The number of aliphatic hydroxyl groups is 1. The molecule has 134 valence electrons. The monoisotopic (exact) mass is 357 g/mol. The largest absolute Gasteiger partial charge is 0.385 e. The van der Waals surface area contributed by atoms with Crippen LogP contribution in [0, 0.1) is 11.6 Å². The summed E-state index contributed by atoms with van der Waals surface area (Å²) in [6.07, 6.45) is 1.47. The molecule has 0 saturated carbocycles. The smallest absolute Gasteiger partial charge is 0.251 e. The van der Waals surface area contributed by atoms with Crippen molar-refractivity contribution in [1.29, 1.82) is 0 Å². The average molecular weight is 357 g/mol. The second-order valence-electron chi connectivity index (χ2n) is 5.78. The maximum absolute atomic E-state index is 14.4. The van der Waals surface area contributed by atoms with Gasteiger partial charge in [0.15, 0.2) is 0 Å². The van der Waals surface area contributed by atoms with Crippen LogP contribution in [0.2, 0.25) is 0 Å². The number of aliphatic hydroxyl groups excluding tert-OH is 1. The summed E-state index contributed by atoms with van der Waals surface area (Å²) in [5.41, 5.74) is 5.78. The van der Waals surface area contributed by atoms with Gasteiger partial charge in [0.1, 0.15) is 17.7 Å². The van der Waals surface area contributed by atoms with Gasteiger partial charge in [-0.15, -0.1) is 0 Å². The molecule has 1 aliphatic rings. The molecular weight excluding hydrogens is 340 g/mol. The Balaban J connectivity index is 1.90. The number of para-hydroxylation sites is 1. The zero-order valence-corrected chi connectivity index (χ0v) is 13.7. The zero-order chi connectivity index (χ0) is 18.7. The molecule has 1 heterocycles. The van der Waals surface area contributed by atoms with Crippen molar-refractivity contribution in [2.75, 3.05) is 11.9 Å². The van der Waals surface area contributed by atoms with Gasteiger partial charge in [0, 0.05) is 23.2 Å². The number of hydrogen-bond donors (Lipinski definition) is 4. The maximum Gasteiger partial charge on any atom is 0.251 e. The van der Waals surface area contributed by atoms with E-state index in [-0.39, 0.29) is 5.57 Å². The molecule has 1 amide bonds. The summed E-state index contributed by atoms with van der Waals surface area (Å²) in [5, 5.41) is 16.6. The molecule has 5 N–H and O–H groups in total. The summed E-state index contributed by atoms with van der Waals surface area (Å²) in [4.78, 5) is 11.3. The van der Waals surface area contributed by atoms with Gasteiger partial charge >= 0.3 is 0 Å². The number of halogens is 2.